The lowest BCUT2D eigenvalue weighted by atomic mass is 9.56. The lowest BCUT2D eigenvalue weighted by Crippen LogP contribution is -2.48. The molecule has 2 aliphatic heterocycles. The number of ether oxygens (including phenoxy) is 2. The maximum atomic E-state index is 12.8. The molecule has 0 bridgehead atoms. The smallest absolute Gasteiger partial charge is 0.251 e. The topological polar surface area (TPSA) is 90.4 Å². The third kappa shape index (κ3) is 5.04. The van der Waals surface area contributed by atoms with E-state index in [-0.39, 0.29) is 23.3 Å². The number of carbonyl (C=O) groups is 1. The van der Waals surface area contributed by atoms with Gasteiger partial charge in [0.15, 0.2) is 0 Å². The summed E-state index contributed by atoms with van der Waals surface area (Å²) in [5.74, 6) is 1.49. The van der Waals surface area contributed by atoms with Crippen LogP contribution in [0.5, 0.6) is 5.75 Å². The maximum Gasteiger partial charge on any atom is 0.251 e. The number of likely N-dealkylation sites (tertiary alicyclic amines) is 1. The third-order valence-electron chi connectivity index (χ3n) is 9.36. The van der Waals surface area contributed by atoms with Gasteiger partial charge in [-0.25, -0.2) is 0 Å². The summed E-state index contributed by atoms with van der Waals surface area (Å²) >= 11 is 0. The molecule has 1 saturated carbocycles. The number of H-pyrrole nitrogens is 1. The van der Waals surface area contributed by atoms with Crippen LogP contribution in [0.1, 0.15) is 65.2 Å². The van der Waals surface area contributed by atoms with Gasteiger partial charge in [-0.1, -0.05) is 12.1 Å². The highest BCUT2D eigenvalue weighted by Crippen LogP contribution is 2.56. The number of aromatic amines is 1. The number of amides is 1. The van der Waals surface area contributed by atoms with Crippen LogP contribution in [0.3, 0.4) is 0 Å². The van der Waals surface area contributed by atoms with E-state index in [1.165, 1.54) is 22.1 Å². The standard InChI is InChI=1S/C32H38N4O3/c1-21-13-29(38-2)27(26-7-10-34-30(21)26)19-36-11-9-32(14-23(15-32)17-33)16-28(36)24-3-5-25(6-4-24)31(37)35-18-22-8-12-39-20-22/h3-7,10,13,22-23,28,34H,8-9,11-12,14-16,18-20H2,1-2H3,(H,35,37). The van der Waals surface area contributed by atoms with Crippen LogP contribution in [-0.2, 0) is 11.3 Å². The van der Waals surface area contributed by atoms with Gasteiger partial charge in [0.05, 0.1) is 19.8 Å². The first-order valence-corrected chi connectivity index (χ1v) is 14.2. The van der Waals surface area contributed by atoms with E-state index in [0.717, 1.165) is 69.7 Å². The molecule has 3 aliphatic rings. The SMILES string of the molecule is COc1cc(C)c2[nH]ccc2c1CN1CCC2(CC(C#N)C2)CC1c1ccc(C(=O)NCC2CCOC2)cc1. The van der Waals surface area contributed by atoms with Crippen LogP contribution >= 0.6 is 0 Å². The fraction of sp³-hybridized carbons (Fsp3) is 0.500. The van der Waals surface area contributed by atoms with Crippen LogP contribution in [0.15, 0.2) is 42.6 Å². The summed E-state index contributed by atoms with van der Waals surface area (Å²) in [5, 5.41) is 13.7. The van der Waals surface area contributed by atoms with Crippen molar-refractivity contribution >= 4 is 16.8 Å². The molecule has 1 amide bonds. The molecular formula is C32H38N4O3. The van der Waals surface area contributed by atoms with Gasteiger partial charge in [-0.3, -0.25) is 9.69 Å². The Morgan fingerprint density at radius 3 is 2.79 bits per heavy atom. The number of aryl methyl sites for hydroxylation is 1. The molecule has 3 heterocycles. The Balaban J connectivity index is 1.25. The monoisotopic (exact) mass is 526 g/mol. The molecular weight excluding hydrogens is 488 g/mol. The van der Waals surface area contributed by atoms with Crippen molar-refractivity contribution in [3.05, 3.63) is 64.8 Å². The van der Waals surface area contributed by atoms with Gasteiger partial charge in [0.2, 0.25) is 0 Å². The zero-order valence-electron chi connectivity index (χ0n) is 23.0. The van der Waals surface area contributed by atoms with Gasteiger partial charge < -0.3 is 19.8 Å². The van der Waals surface area contributed by atoms with E-state index < -0.39 is 0 Å². The van der Waals surface area contributed by atoms with E-state index in [1.807, 2.05) is 18.3 Å². The molecule has 1 aromatic heterocycles. The maximum absolute atomic E-state index is 12.8. The zero-order chi connectivity index (χ0) is 27.0. The van der Waals surface area contributed by atoms with Gasteiger partial charge in [-0.15, -0.1) is 0 Å². The van der Waals surface area contributed by atoms with Crippen molar-refractivity contribution in [3.8, 4) is 11.8 Å². The number of nitriles is 1. The molecule has 3 aromatic rings. The van der Waals surface area contributed by atoms with Gasteiger partial charge in [0, 0.05) is 65.8 Å². The number of rotatable bonds is 7. The summed E-state index contributed by atoms with van der Waals surface area (Å²) < 4.78 is 11.3. The molecule has 7 heteroatoms. The molecule has 1 aliphatic carbocycles. The first-order valence-electron chi connectivity index (χ1n) is 14.2. The highest BCUT2D eigenvalue weighted by molar-refractivity contribution is 5.94. The summed E-state index contributed by atoms with van der Waals surface area (Å²) in [7, 11) is 1.75. The van der Waals surface area contributed by atoms with Gasteiger partial charge in [0.1, 0.15) is 5.75 Å². The van der Waals surface area contributed by atoms with Crippen LogP contribution in [0.4, 0.5) is 0 Å². The van der Waals surface area contributed by atoms with Gasteiger partial charge >= 0.3 is 0 Å². The number of hydrogen-bond donors (Lipinski definition) is 2. The van der Waals surface area contributed by atoms with Crippen molar-refractivity contribution in [2.75, 3.05) is 33.4 Å². The molecule has 3 fully saturated rings. The summed E-state index contributed by atoms with van der Waals surface area (Å²) in [6.45, 7) is 6.04. The van der Waals surface area contributed by atoms with Gasteiger partial charge in [0.25, 0.3) is 5.91 Å². The molecule has 39 heavy (non-hydrogen) atoms. The van der Waals surface area contributed by atoms with E-state index >= 15 is 0 Å². The number of aromatic nitrogens is 1. The highest BCUT2D eigenvalue weighted by Gasteiger charge is 2.49. The van der Waals surface area contributed by atoms with Gasteiger partial charge in [-0.05, 0) is 86.4 Å². The number of carbonyl (C=O) groups excluding carboxylic acids is 1. The second kappa shape index (κ2) is 10.7. The summed E-state index contributed by atoms with van der Waals surface area (Å²) in [6, 6.07) is 15.2. The van der Waals surface area contributed by atoms with Crippen molar-refractivity contribution in [1.29, 1.82) is 5.26 Å². The fourth-order valence-electron chi connectivity index (χ4n) is 7.07. The van der Waals surface area contributed by atoms with Crippen molar-refractivity contribution in [3.63, 3.8) is 0 Å². The van der Waals surface area contributed by atoms with Crippen molar-refractivity contribution < 1.29 is 14.3 Å². The number of fused-ring (bicyclic) bond motifs is 1. The second-order valence-electron chi connectivity index (χ2n) is 11.9. The zero-order valence-corrected chi connectivity index (χ0v) is 23.0. The third-order valence-corrected chi connectivity index (χ3v) is 9.36. The summed E-state index contributed by atoms with van der Waals surface area (Å²) in [4.78, 5) is 18.8. The number of hydrogen-bond acceptors (Lipinski definition) is 5. The van der Waals surface area contributed by atoms with E-state index in [1.54, 1.807) is 7.11 Å². The number of methoxy groups -OCH3 is 1. The van der Waals surface area contributed by atoms with Crippen LogP contribution in [0, 0.1) is 35.5 Å². The van der Waals surface area contributed by atoms with E-state index in [0.29, 0.717) is 18.0 Å². The highest BCUT2D eigenvalue weighted by atomic mass is 16.5. The fourth-order valence-corrected chi connectivity index (χ4v) is 7.07. The van der Waals surface area contributed by atoms with Crippen molar-refractivity contribution in [1.82, 2.24) is 15.2 Å². The van der Waals surface area contributed by atoms with E-state index in [4.69, 9.17) is 9.47 Å². The van der Waals surface area contributed by atoms with Crippen LogP contribution < -0.4 is 10.1 Å². The largest absolute Gasteiger partial charge is 0.496 e. The molecule has 0 radical (unpaired) electrons. The van der Waals surface area contributed by atoms with E-state index in [2.05, 4.69) is 52.5 Å². The Morgan fingerprint density at radius 1 is 1.26 bits per heavy atom. The second-order valence-corrected chi connectivity index (χ2v) is 11.9. The lowest BCUT2D eigenvalue weighted by molar-refractivity contribution is -0.0298. The van der Waals surface area contributed by atoms with E-state index in [9.17, 15) is 10.1 Å². The minimum Gasteiger partial charge on any atom is -0.496 e. The number of benzene rings is 2. The first-order chi connectivity index (χ1) is 19.0. The predicted molar refractivity (Wildman–Crippen MR) is 150 cm³/mol. The van der Waals surface area contributed by atoms with Crippen LogP contribution in [-0.4, -0.2) is 49.2 Å². The average molecular weight is 527 g/mol. The molecule has 2 unspecified atom stereocenters. The van der Waals surface area contributed by atoms with Crippen LogP contribution in [0.25, 0.3) is 10.9 Å². The normalized spacial score (nSPS) is 26.8. The number of nitrogens with zero attached hydrogens (tertiary/aromatic N) is 2. The number of nitrogens with one attached hydrogen (secondary N) is 2. The molecule has 6 rings (SSSR count). The Morgan fingerprint density at radius 2 is 2.08 bits per heavy atom. The Labute approximate surface area is 230 Å². The average Bonchev–Trinajstić information content (AvgIpc) is 3.65. The Hall–Kier alpha value is -3.34. The quantitative estimate of drug-likeness (QED) is 0.424. The molecule has 1 spiro atoms. The minimum absolute atomic E-state index is 0.0273. The van der Waals surface area contributed by atoms with Crippen molar-refractivity contribution in [2.24, 2.45) is 17.3 Å². The first kappa shape index (κ1) is 25.9. The Bertz CT molecular complexity index is 1380. The molecule has 2 atom stereocenters. The molecule has 7 nitrogen and oxygen atoms in total. The lowest BCUT2D eigenvalue weighted by Gasteiger charge is -2.53. The number of piperidine rings is 1. The van der Waals surface area contributed by atoms with Crippen molar-refractivity contribution in [2.45, 2.75) is 51.6 Å². The van der Waals surface area contributed by atoms with Crippen LogP contribution in [0.2, 0.25) is 0 Å². The molecule has 2 aromatic carbocycles. The van der Waals surface area contributed by atoms with Gasteiger partial charge in [-0.2, -0.15) is 5.26 Å². The molecule has 204 valence electrons. The molecule has 2 N–H and O–H groups in total. The summed E-state index contributed by atoms with van der Waals surface area (Å²) in [6.07, 6.45) is 7.14. The predicted octanol–water partition coefficient (Wildman–Crippen LogP) is 5.51. The summed E-state index contributed by atoms with van der Waals surface area (Å²) in [5.41, 5.74) is 5.70. The minimum atomic E-state index is -0.0273. The Kier molecular flexibility index (Phi) is 7.09. The molecule has 2 saturated heterocycles.